The number of pyridine rings is 1. The highest BCUT2D eigenvalue weighted by molar-refractivity contribution is 5.94. The number of amides is 1. The summed E-state index contributed by atoms with van der Waals surface area (Å²) in [5, 5.41) is 9.31. The molecule has 3 aliphatic heterocycles. The number of anilines is 2. The zero-order valence-electron chi connectivity index (χ0n) is 23.8. The van der Waals surface area contributed by atoms with Gasteiger partial charge in [-0.2, -0.15) is 0 Å². The van der Waals surface area contributed by atoms with E-state index in [-0.39, 0.29) is 23.5 Å². The van der Waals surface area contributed by atoms with E-state index < -0.39 is 23.5 Å². The zero-order valence-corrected chi connectivity index (χ0v) is 23.8. The molecule has 1 saturated heterocycles. The van der Waals surface area contributed by atoms with Crippen molar-refractivity contribution in [3.05, 3.63) is 53.0 Å². The molecule has 1 atom stereocenters. The summed E-state index contributed by atoms with van der Waals surface area (Å²) in [5.74, 6) is -0.366. The third kappa shape index (κ3) is 5.29. The van der Waals surface area contributed by atoms with Crippen LogP contribution in [0.1, 0.15) is 44.1 Å². The highest BCUT2D eigenvalue weighted by Crippen LogP contribution is 2.33. The van der Waals surface area contributed by atoms with Crippen LogP contribution in [0, 0.1) is 12.7 Å². The minimum atomic E-state index is -0.768. The van der Waals surface area contributed by atoms with Crippen LogP contribution in [0.15, 0.2) is 35.2 Å². The van der Waals surface area contributed by atoms with Gasteiger partial charge in [0.05, 0.1) is 29.5 Å². The average molecular weight is 564 g/mol. The molecule has 41 heavy (non-hydrogen) atoms. The van der Waals surface area contributed by atoms with Crippen molar-refractivity contribution in [1.29, 1.82) is 0 Å². The number of piperazine rings is 1. The minimum absolute atomic E-state index is 0.103. The van der Waals surface area contributed by atoms with E-state index in [1.54, 1.807) is 25.3 Å². The smallest absolute Gasteiger partial charge is 0.226 e. The maximum absolute atomic E-state index is 15.3. The molecule has 1 unspecified atom stereocenters. The lowest BCUT2D eigenvalue weighted by Gasteiger charge is -2.34. The van der Waals surface area contributed by atoms with Gasteiger partial charge in [-0.25, -0.2) is 23.7 Å². The van der Waals surface area contributed by atoms with E-state index in [1.807, 2.05) is 18.4 Å². The number of carbonyl (C=O) groups excluding carboxylic acids is 1. The Hall–Kier alpha value is -3.90. The number of aromatic nitrogens is 3. The van der Waals surface area contributed by atoms with E-state index in [4.69, 9.17) is 0 Å². The molecule has 0 spiro atoms. The summed E-state index contributed by atoms with van der Waals surface area (Å²) < 4.78 is 32.2. The Labute approximate surface area is 237 Å². The highest BCUT2D eigenvalue weighted by Gasteiger charge is 2.31. The first-order chi connectivity index (χ1) is 19.6. The fourth-order valence-corrected chi connectivity index (χ4v) is 6.02. The third-order valence-electron chi connectivity index (χ3n) is 8.08. The van der Waals surface area contributed by atoms with Crippen LogP contribution in [0.2, 0.25) is 0 Å². The van der Waals surface area contributed by atoms with Crippen LogP contribution in [0.4, 0.5) is 20.3 Å². The Balaban J connectivity index is 1.41. The third-order valence-corrected chi connectivity index (χ3v) is 8.08. The molecule has 12 heteroatoms. The van der Waals surface area contributed by atoms with Crippen LogP contribution >= 0.6 is 0 Å². The van der Waals surface area contributed by atoms with E-state index in [2.05, 4.69) is 47.6 Å². The summed E-state index contributed by atoms with van der Waals surface area (Å²) in [5.41, 5.74) is 1.85. The predicted octanol–water partition coefficient (Wildman–Crippen LogP) is 3.80. The van der Waals surface area contributed by atoms with Crippen LogP contribution in [-0.4, -0.2) is 75.5 Å². The van der Waals surface area contributed by atoms with E-state index >= 15 is 8.78 Å². The van der Waals surface area contributed by atoms with Crippen LogP contribution in [0.3, 0.4) is 0 Å². The standard InChI is InChI=1S/C29H35F2N9O/c1-5-38-6-8-39(9-7-38)16-19-14-32-24-12-22(19)35-25(41)13-29(3,4)40-17(2)34-27-20(30)10-18(11-23(27)40)26-21(31)15-33-28(36-24)37-26/h10-12,14-15,28,37H,5-9,13,16H2,1-4H3,(H,32,36)(H,35,41). The normalized spacial score (nSPS) is 21.3. The molecule has 1 amide bonds. The van der Waals surface area contributed by atoms with Gasteiger partial charge in [0.15, 0.2) is 17.9 Å². The molecule has 1 aromatic carbocycles. The van der Waals surface area contributed by atoms with Crippen molar-refractivity contribution in [2.24, 2.45) is 4.99 Å². The number of halogens is 2. The number of aryl methyl sites for hydroxylation is 1. The number of nitrogens with one attached hydrogen (secondary N) is 3. The maximum Gasteiger partial charge on any atom is 0.226 e. The molecule has 0 radical (unpaired) electrons. The van der Waals surface area contributed by atoms with Crippen molar-refractivity contribution in [2.75, 3.05) is 43.4 Å². The van der Waals surface area contributed by atoms with Gasteiger partial charge in [0, 0.05) is 61.7 Å². The largest absolute Gasteiger partial charge is 0.344 e. The molecule has 0 saturated carbocycles. The molecular weight excluding hydrogens is 528 g/mol. The number of allylic oxidation sites excluding steroid dienone is 1. The number of fused-ring (bicyclic) bond motifs is 6. The molecule has 10 nitrogen and oxygen atoms in total. The number of imidazole rings is 1. The summed E-state index contributed by atoms with van der Waals surface area (Å²) in [7, 11) is 0. The Morgan fingerprint density at radius 2 is 1.83 bits per heavy atom. The van der Waals surface area contributed by atoms with Gasteiger partial charge in [-0.05, 0) is 39.4 Å². The number of nitrogens with zero attached hydrogens (tertiary/aromatic N) is 6. The molecule has 3 aromatic rings. The van der Waals surface area contributed by atoms with Crippen LogP contribution < -0.4 is 16.0 Å². The van der Waals surface area contributed by atoms with Gasteiger partial charge < -0.3 is 25.4 Å². The average Bonchev–Trinajstić information content (AvgIpc) is 3.28. The fraction of sp³-hybridized carbons (Fsp3) is 0.448. The maximum atomic E-state index is 15.3. The molecule has 2 aromatic heterocycles. The topological polar surface area (TPSA) is 103 Å². The first kappa shape index (κ1) is 27.3. The van der Waals surface area contributed by atoms with Gasteiger partial charge in [0.2, 0.25) is 5.91 Å². The second-order valence-electron chi connectivity index (χ2n) is 11.5. The lowest BCUT2D eigenvalue weighted by Crippen LogP contribution is -2.45. The molecule has 216 valence electrons. The molecule has 3 N–H and O–H groups in total. The van der Waals surface area contributed by atoms with Crippen LogP contribution in [0.25, 0.3) is 16.7 Å². The van der Waals surface area contributed by atoms with Gasteiger partial charge in [0.25, 0.3) is 0 Å². The molecule has 5 heterocycles. The number of hydrogen-bond donors (Lipinski definition) is 3. The Kier molecular flexibility index (Phi) is 6.98. The lowest BCUT2D eigenvalue weighted by molar-refractivity contribution is -0.117. The SMILES string of the molecule is CCN1CCN(Cc2cnc3cc2NC(=O)CC(C)(C)n2c(C)nc4c(F)cc(cc42)C2=C(F)C=NC(N2)N3)CC1. The summed E-state index contributed by atoms with van der Waals surface area (Å²) in [6.07, 6.45) is 2.22. The molecular formula is C29H35F2N9O. The van der Waals surface area contributed by atoms with Crippen molar-refractivity contribution in [3.63, 3.8) is 0 Å². The second kappa shape index (κ2) is 10.5. The van der Waals surface area contributed by atoms with Crippen molar-refractivity contribution < 1.29 is 13.6 Å². The summed E-state index contributed by atoms with van der Waals surface area (Å²) in [4.78, 5) is 31.6. The number of hydrogen-bond acceptors (Lipinski definition) is 8. The Morgan fingerprint density at radius 3 is 2.59 bits per heavy atom. The highest BCUT2D eigenvalue weighted by atomic mass is 19.1. The number of rotatable bonds is 3. The summed E-state index contributed by atoms with van der Waals surface area (Å²) in [6.45, 7) is 13.3. The molecule has 0 aliphatic carbocycles. The number of aliphatic imine (C=N–C) groups is 1. The first-order valence-electron chi connectivity index (χ1n) is 14.0. The Morgan fingerprint density at radius 1 is 1.07 bits per heavy atom. The van der Waals surface area contributed by atoms with Gasteiger partial charge >= 0.3 is 0 Å². The molecule has 6 rings (SSSR count). The van der Waals surface area contributed by atoms with Crippen molar-refractivity contribution in [1.82, 2.24) is 29.7 Å². The van der Waals surface area contributed by atoms with Crippen LogP contribution in [-0.2, 0) is 16.9 Å². The van der Waals surface area contributed by atoms with E-state index in [0.717, 1.165) is 44.5 Å². The number of carbonyl (C=O) groups is 1. The summed E-state index contributed by atoms with van der Waals surface area (Å²) in [6, 6.07) is 4.75. The summed E-state index contributed by atoms with van der Waals surface area (Å²) >= 11 is 0. The van der Waals surface area contributed by atoms with E-state index in [1.165, 1.54) is 6.07 Å². The molecule has 6 bridgehead atoms. The van der Waals surface area contributed by atoms with E-state index in [0.29, 0.717) is 35.0 Å². The van der Waals surface area contributed by atoms with Crippen molar-refractivity contribution in [3.8, 4) is 0 Å². The first-order valence-corrected chi connectivity index (χ1v) is 14.0. The second-order valence-corrected chi connectivity index (χ2v) is 11.5. The van der Waals surface area contributed by atoms with Gasteiger partial charge in [-0.3, -0.25) is 9.69 Å². The lowest BCUT2D eigenvalue weighted by atomic mass is 9.98. The van der Waals surface area contributed by atoms with Crippen molar-refractivity contribution in [2.45, 2.75) is 52.5 Å². The quantitative estimate of drug-likeness (QED) is 0.446. The van der Waals surface area contributed by atoms with Crippen molar-refractivity contribution >= 4 is 40.4 Å². The van der Waals surface area contributed by atoms with Gasteiger partial charge in [0.1, 0.15) is 17.2 Å². The van der Waals surface area contributed by atoms with Gasteiger partial charge in [-0.1, -0.05) is 6.92 Å². The van der Waals surface area contributed by atoms with E-state index in [9.17, 15) is 4.79 Å². The number of benzene rings is 1. The Bertz CT molecular complexity index is 1570. The number of likely N-dealkylation sites (N-methyl/N-ethyl adjacent to an activating group) is 1. The molecule has 1 fully saturated rings. The zero-order chi connectivity index (χ0) is 28.9. The van der Waals surface area contributed by atoms with Gasteiger partial charge in [-0.15, -0.1) is 0 Å². The minimum Gasteiger partial charge on any atom is -0.344 e. The van der Waals surface area contributed by atoms with Crippen LogP contribution in [0.5, 0.6) is 0 Å². The fourth-order valence-electron chi connectivity index (χ4n) is 6.02. The predicted molar refractivity (Wildman–Crippen MR) is 156 cm³/mol. The monoisotopic (exact) mass is 563 g/mol. The molecule has 3 aliphatic rings.